The van der Waals surface area contributed by atoms with Crippen LogP contribution in [0.15, 0.2) is 29.7 Å². The lowest BCUT2D eigenvalue weighted by molar-refractivity contribution is -0.132. The van der Waals surface area contributed by atoms with E-state index >= 15 is 0 Å². The van der Waals surface area contributed by atoms with E-state index in [0.29, 0.717) is 39.1 Å². The fraction of sp³-hybridized carbons (Fsp3) is 0.500. The fourth-order valence-electron chi connectivity index (χ4n) is 1.77. The van der Waals surface area contributed by atoms with Crippen molar-refractivity contribution in [2.45, 2.75) is 26.3 Å². The Labute approximate surface area is 124 Å². The molecule has 0 bridgehead atoms. The Morgan fingerprint density at radius 1 is 1.52 bits per heavy atom. The first kappa shape index (κ1) is 16.9. The normalized spacial score (nSPS) is 11.4. The van der Waals surface area contributed by atoms with Gasteiger partial charge in [-0.25, -0.2) is 0 Å². The van der Waals surface area contributed by atoms with Gasteiger partial charge in [0.1, 0.15) is 5.84 Å². The summed E-state index contributed by atoms with van der Waals surface area (Å²) >= 11 is 0. The maximum atomic E-state index is 12.2. The van der Waals surface area contributed by atoms with Crippen LogP contribution in [0.25, 0.3) is 0 Å². The van der Waals surface area contributed by atoms with E-state index in [1.807, 2.05) is 19.1 Å². The number of carbonyl (C=O) groups excluding carboxylic acids is 1. The summed E-state index contributed by atoms with van der Waals surface area (Å²) in [4.78, 5) is 17.9. The number of amidine groups is 1. The summed E-state index contributed by atoms with van der Waals surface area (Å²) in [6, 6.07) is 3.72. The third-order valence-electron chi connectivity index (χ3n) is 2.88. The maximum Gasteiger partial charge on any atom is 0.225 e. The second-order valence-electron chi connectivity index (χ2n) is 4.46. The van der Waals surface area contributed by atoms with Crippen LogP contribution in [0.5, 0.6) is 0 Å². The highest BCUT2D eigenvalue weighted by Gasteiger charge is 2.14. The first-order chi connectivity index (χ1) is 10.2. The molecular weight excluding hydrogens is 272 g/mol. The zero-order valence-corrected chi connectivity index (χ0v) is 12.2. The smallest absolute Gasteiger partial charge is 0.225 e. The second kappa shape index (κ2) is 9.71. The Hall–Kier alpha value is -2.15. The molecule has 1 aromatic heterocycles. The van der Waals surface area contributed by atoms with E-state index in [0.717, 1.165) is 5.56 Å². The number of aromatic nitrogens is 1. The van der Waals surface area contributed by atoms with Gasteiger partial charge in [-0.2, -0.15) is 0 Å². The Kier molecular flexibility index (Phi) is 7.81. The minimum Gasteiger partial charge on any atom is -0.409 e. The van der Waals surface area contributed by atoms with Crippen molar-refractivity contribution in [1.82, 2.24) is 9.88 Å². The predicted octanol–water partition coefficient (Wildman–Crippen LogP) is 0.973. The maximum absolute atomic E-state index is 12.2. The molecule has 7 nitrogen and oxygen atoms in total. The van der Waals surface area contributed by atoms with Crippen molar-refractivity contribution in [3.8, 4) is 0 Å². The topological polar surface area (TPSA) is 101 Å². The first-order valence-electron chi connectivity index (χ1n) is 6.88. The second-order valence-corrected chi connectivity index (χ2v) is 4.46. The minimum absolute atomic E-state index is 0.0296. The van der Waals surface area contributed by atoms with Gasteiger partial charge in [0.15, 0.2) is 0 Å². The number of amides is 1. The highest BCUT2D eigenvalue weighted by molar-refractivity contribution is 5.81. The summed E-state index contributed by atoms with van der Waals surface area (Å²) in [5.74, 6) is 0.0711. The number of nitrogens with two attached hydrogens (primary N) is 1. The van der Waals surface area contributed by atoms with Crippen LogP contribution < -0.4 is 5.73 Å². The van der Waals surface area contributed by atoms with Gasteiger partial charge < -0.3 is 20.6 Å². The van der Waals surface area contributed by atoms with Crippen molar-refractivity contribution in [3.63, 3.8) is 0 Å². The molecule has 0 fully saturated rings. The van der Waals surface area contributed by atoms with Crippen molar-refractivity contribution >= 4 is 11.7 Å². The Balaban J connectivity index is 2.62. The van der Waals surface area contributed by atoms with Crippen molar-refractivity contribution < 1.29 is 14.7 Å². The quantitative estimate of drug-likeness (QED) is 0.232. The molecule has 21 heavy (non-hydrogen) atoms. The molecular formula is C14H22N4O3. The van der Waals surface area contributed by atoms with Crippen LogP contribution in [0.1, 0.15) is 25.3 Å². The molecule has 0 aliphatic heterocycles. The molecule has 0 aromatic carbocycles. The van der Waals surface area contributed by atoms with Gasteiger partial charge in [-0.3, -0.25) is 9.78 Å². The number of nitrogens with zero attached hydrogens (tertiary/aromatic N) is 3. The third-order valence-corrected chi connectivity index (χ3v) is 2.88. The lowest BCUT2D eigenvalue weighted by atomic mass is 10.2. The molecule has 0 radical (unpaired) electrons. The van der Waals surface area contributed by atoms with Crippen LogP contribution in [0.4, 0.5) is 0 Å². The lowest BCUT2D eigenvalue weighted by Crippen LogP contribution is -2.34. The summed E-state index contributed by atoms with van der Waals surface area (Å²) in [6.45, 7) is 3.69. The van der Waals surface area contributed by atoms with Gasteiger partial charge in [0, 0.05) is 38.5 Å². The zero-order chi connectivity index (χ0) is 15.5. The molecule has 0 saturated carbocycles. The van der Waals surface area contributed by atoms with Gasteiger partial charge in [-0.05, 0) is 18.6 Å². The number of ether oxygens (including phenoxy) is 1. The average molecular weight is 294 g/mol. The number of hydrogen-bond acceptors (Lipinski definition) is 5. The van der Waals surface area contributed by atoms with Crippen LogP contribution in [-0.2, 0) is 16.1 Å². The zero-order valence-electron chi connectivity index (χ0n) is 12.2. The number of carbonyl (C=O) groups is 1. The molecule has 0 spiro atoms. The van der Waals surface area contributed by atoms with Gasteiger partial charge in [0.2, 0.25) is 5.91 Å². The standard InChI is InChI=1S/C14H22N4O3/c1-2-21-9-6-14(19)18(8-5-13(15)17-20)11-12-4-3-7-16-10-12/h3-4,7,10,20H,2,5-6,8-9,11H2,1H3,(H2,15,17). The Bertz CT molecular complexity index is 451. The first-order valence-corrected chi connectivity index (χ1v) is 6.88. The molecule has 0 saturated heterocycles. The molecule has 0 aliphatic carbocycles. The molecule has 1 rings (SSSR count). The number of oxime groups is 1. The summed E-state index contributed by atoms with van der Waals surface area (Å²) in [7, 11) is 0. The number of hydrogen-bond donors (Lipinski definition) is 2. The monoisotopic (exact) mass is 294 g/mol. The van der Waals surface area contributed by atoms with Crippen molar-refractivity contribution in [1.29, 1.82) is 0 Å². The summed E-state index contributed by atoms with van der Waals surface area (Å²) < 4.78 is 5.20. The minimum atomic E-state index is -0.0296. The van der Waals surface area contributed by atoms with E-state index in [1.54, 1.807) is 17.3 Å². The highest BCUT2D eigenvalue weighted by Crippen LogP contribution is 2.06. The summed E-state index contributed by atoms with van der Waals surface area (Å²) in [6.07, 6.45) is 4.02. The van der Waals surface area contributed by atoms with Gasteiger partial charge in [0.05, 0.1) is 13.0 Å². The highest BCUT2D eigenvalue weighted by atomic mass is 16.5. The van der Waals surface area contributed by atoms with Gasteiger partial charge in [0.25, 0.3) is 0 Å². The Morgan fingerprint density at radius 2 is 2.33 bits per heavy atom. The number of pyridine rings is 1. The number of rotatable bonds is 9. The molecule has 1 heterocycles. The predicted molar refractivity (Wildman–Crippen MR) is 78.8 cm³/mol. The van der Waals surface area contributed by atoms with Gasteiger partial charge in [-0.1, -0.05) is 11.2 Å². The van der Waals surface area contributed by atoms with Crippen LogP contribution >= 0.6 is 0 Å². The van der Waals surface area contributed by atoms with E-state index in [9.17, 15) is 4.79 Å². The SMILES string of the molecule is CCOCCC(=O)N(CCC(N)=NO)Cc1cccnc1. The fourth-order valence-corrected chi connectivity index (χ4v) is 1.77. The summed E-state index contributed by atoms with van der Waals surface area (Å²) in [5, 5.41) is 11.5. The molecule has 3 N–H and O–H groups in total. The van der Waals surface area contributed by atoms with Crippen LogP contribution in [-0.4, -0.2) is 46.6 Å². The molecule has 0 atom stereocenters. The molecule has 7 heteroatoms. The van der Waals surface area contributed by atoms with Crippen LogP contribution in [0.3, 0.4) is 0 Å². The van der Waals surface area contributed by atoms with E-state index in [-0.39, 0.29) is 11.7 Å². The largest absolute Gasteiger partial charge is 0.409 e. The van der Waals surface area contributed by atoms with E-state index in [2.05, 4.69) is 10.1 Å². The van der Waals surface area contributed by atoms with E-state index < -0.39 is 0 Å². The van der Waals surface area contributed by atoms with E-state index in [4.69, 9.17) is 15.7 Å². The van der Waals surface area contributed by atoms with Crippen molar-refractivity contribution in [3.05, 3.63) is 30.1 Å². The average Bonchev–Trinajstić information content (AvgIpc) is 2.52. The van der Waals surface area contributed by atoms with Crippen LogP contribution in [0.2, 0.25) is 0 Å². The third kappa shape index (κ3) is 6.71. The van der Waals surface area contributed by atoms with Crippen LogP contribution in [0, 0.1) is 0 Å². The summed E-state index contributed by atoms with van der Waals surface area (Å²) in [5.41, 5.74) is 6.39. The van der Waals surface area contributed by atoms with E-state index in [1.165, 1.54) is 0 Å². The van der Waals surface area contributed by atoms with Crippen molar-refractivity contribution in [2.24, 2.45) is 10.9 Å². The van der Waals surface area contributed by atoms with Gasteiger partial charge in [-0.15, -0.1) is 0 Å². The molecule has 1 amide bonds. The molecule has 116 valence electrons. The Morgan fingerprint density at radius 3 is 2.95 bits per heavy atom. The molecule has 0 aliphatic rings. The van der Waals surface area contributed by atoms with Crippen molar-refractivity contribution in [2.75, 3.05) is 19.8 Å². The molecule has 1 aromatic rings. The lowest BCUT2D eigenvalue weighted by Gasteiger charge is -2.22. The van der Waals surface area contributed by atoms with Gasteiger partial charge >= 0.3 is 0 Å². The molecule has 0 unspecified atom stereocenters.